The van der Waals surface area contributed by atoms with Crippen LogP contribution in [0.5, 0.6) is 5.88 Å². The number of rotatable bonds is 7. The minimum Gasteiger partial charge on any atom is -0.475 e. The molecule has 1 aliphatic heterocycles. The van der Waals surface area contributed by atoms with E-state index in [4.69, 9.17) is 9.72 Å². The van der Waals surface area contributed by atoms with E-state index >= 15 is 0 Å². The highest BCUT2D eigenvalue weighted by molar-refractivity contribution is 5.84. The molecule has 10 heteroatoms. The molecule has 3 atom stereocenters. The molecule has 3 aromatic rings. The van der Waals surface area contributed by atoms with Crippen molar-refractivity contribution >= 4 is 17.0 Å². The van der Waals surface area contributed by atoms with Crippen LogP contribution in [0.3, 0.4) is 0 Å². The summed E-state index contributed by atoms with van der Waals surface area (Å²) in [5, 5.41) is 9.30. The van der Waals surface area contributed by atoms with Gasteiger partial charge < -0.3 is 14.2 Å². The summed E-state index contributed by atoms with van der Waals surface area (Å²) in [4.78, 5) is 31.1. The van der Waals surface area contributed by atoms with E-state index in [2.05, 4.69) is 46.6 Å². The van der Waals surface area contributed by atoms with Gasteiger partial charge in [-0.1, -0.05) is 0 Å². The largest absolute Gasteiger partial charge is 0.475 e. The highest BCUT2D eigenvalue weighted by atomic mass is 16.5. The Labute approximate surface area is 212 Å². The molecule has 0 spiro atoms. The molecule has 0 radical (unpaired) electrons. The van der Waals surface area contributed by atoms with E-state index in [-0.39, 0.29) is 36.3 Å². The van der Waals surface area contributed by atoms with Crippen molar-refractivity contribution in [1.82, 2.24) is 29.0 Å². The summed E-state index contributed by atoms with van der Waals surface area (Å²) in [6.07, 6.45) is 2.05. The molecule has 1 unspecified atom stereocenters. The fraction of sp³-hybridized carbons (Fsp3) is 0.577. The van der Waals surface area contributed by atoms with Crippen LogP contribution in [0.4, 0.5) is 5.82 Å². The number of pyridine rings is 1. The van der Waals surface area contributed by atoms with Crippen molar-refractivity contribution in [1.29, 1.82) is 5.26 Å². The second-order valence-electron chi connectivity index (χ2n) is 9.87. The summed E-state index contributed by atoms with van der Waals surface area (Å²) in [6, 6.07) is 6.73. The van der Waals surface area contributed by atoms with Crippen LogP contribution in [0.2, 0.25) is 0 Å². The molecule has 36 heavy (non-hydrogen) atoms. The Hall–Kier alpha value is -3.45. The normalized spacial score (nSPS) is 19.6. The van der Waals surface area contributed by atoms with E-state index in [1.54, 1.807) is 13.2 Å². The molecule has 10 nitrogen and oxygen atoms in total. The highest BCUT2D eigenvalue weighted by Crippen LogP contribution is 2.32. The Bertz CT molecular complexity index is 1340. The van der Waals surface area contributed by atoms with Crippen molar-refractivity contribution in [2.75, 3.05) is 18.0 Å². The van der Waals surface area contributed by atoms with Crippen LogP contribution in [-0.2, 0) is 20.0 Å². The number of aryl methyl sites for hydroxylation is 2. The van der Waals surface area contributed by atoms with E-state index in [0.717, 1.165) is 12.1 Å². The molecule has 0 amide bonds. The Balaban J connectivity index is 1.66. The lowest BCUT2D eigenvalue weighted by atomic mass is 10.0. The summed E-state index contributed by atoms with van der Waals surface area (Å²) in [5.74, 6) is 1.90. The molecule has 4 rings (SSSR count). The Morgan fingerprint density at radius 3 is 2.61 bits per heavy atom. The molecule has 1 saturated heterocycles. The predicted molar refractivity (Wildman–Crippen MR) is 139 cm³/mol. The summed E-state index contributed by atoms with van der Waals surface area (Å²) >= 11 is 0. The molecule has 0 saturated carbocycles. The maximum atomic E-state index is 12.9. The van der Waals surface area contributed by atoms with Gasteiger partial charge in [0.15, 0.2) is 5.82 Å². The van der Waals surface area contributed by atoms with Gasteiger partial charge in [-0.25, -0.2) is 14.8 Å². The average molecular weight is 493 g/mol. The van der Waals surface area contributed by atoms with Gasteiger partial charge in [0.05, 0.1) is 18.6 Å². The first-order valence-electron chi connectivity index (χ1n) is 12.6. The van der Waals surface area contributed by atoms with E-state index in [0.29, 0.717) is 41.8 Å². The number of hydrogen-bond acceptors (Lipinski definition) is 8. The molecule has 0 aromatic carbocycles. The van der Waals surface area contributed by atoms with E-state index in [1.165, 1.54) is 4.57 Å². The maximum Gasteiger partial charge on any atom is 0.350 e. The van der Waals surface area contributed by atoms with Crippen molar-refractivity contribution in [2.24, 2.45) is 7.05 Å². The number of fused-ring (bicyclic) bond motifs is 1. The first-order chi connectivity index (χ1) is 17.2. The SMILES string of the molecule is CCn1c(CC#N)nc2c(N3C[C@@H](C)N(C(C)c4ccnc(OC(C)C)c4)C[C@@H]3C)nc(=O)n(C)c21. The molecule has 0 aliphatic carbocycles. The van der Waals surface area contributed by atoms with Gasteiger partial charge in [0.2, 0.25) is 5.88 Å². The van der Waals surface area contributed by atoms with Gasteiger partial charge in [0.25, 0.3) is 0 Å². The molecule has 0 bridgehead atoms. The fourth-order valence-electron chi connectivity index (χ4n) is 5.20. The Morgan fingerprint density at radius 1 is 1.19 bits per heavy atom. The summed E-state index contributed by atoms with van der Waals surface area (Å²) in [6.45, 7) is 14.7. The van der Waals surface area contributed by atoms with Crippen molar-refractivity contribution in [3.63, 3.8) is 0 Å². The Kier molecular flexibility index (Phi) is 7.31. The number of imidazole rings is 1. The molecule has 1 fully saturated rings. The van der Waals surface area contributed by atoms with Gasteiger partial charge in [-0.3, -0.25) is 9.47 Å². The topological polar surface area (TPSA) is 105 Å². The zero-order chi connectivity index (χ0) is 26.1. The summed E-state index contributed by atoms with van der Waals surface area (Å²) < 4.78 is 9.28. The molecule has 4 heterocycles. The number of piperazine rings is 1. The monoisotopic (exact) mass is 492 g/mol. The summed E-state index contributed by atoms with van der Waals surface area (Å²) in [5.41, 5.74) is 2.23. The number of nitriles is 1. The van der Waals surface area contributed by atoms with Crippen LogP contribution in [0.25, 0.3) is 11.2 Å². The molecule has 0 N–H and O–H groups in total. The van der Waals surface area contributed by atoms with Crippen LogP contribution in [-0.4, -0.2) is 60.3 Å². The van der Waals surface area contributed by atoms with Crippen LogP contribution in [0.1, 0.15) is 59.0 Å². The van der Waals surface area contributed by atoms with E-state index in [1.807, 2.05) is 37.5 Å². The number of ether oxygens (including phenoxy) is 1. The first-order valence-corrected chi connectivity index (χ1v) is 12.6. The molecule has 192 valence electrons. The summed E-state index contributed by atoms with van der Waals surface area (Å²) in [7, 11) is 1.71. The zero-order valence-electron chi connectivity index (χ0n) is 22.3. The second kappa shape index (κ2) is 10.3. The van der Waals surface area contributed by atoms with Crippen molar-refractivity contribution in [2.45, 2.75) is 78.7 Å². The van der Waals surface area contributed by atoms with Gasteiger partial charge in [0, 0.05) is 57.1 Å². The third kappa shape index (κ3) is 4.67. The third-order valence-electron chi connectivity index (χ3n) is 6.99. The van der Waals surface area contributed by atoms with Crippen molar-refractivity contribution < 1.29 is 4.74 Å². The van der Waals surface area contributed by atoms with Crippen molar-refractivity contribution in [3.05, 3.63) is 40.2 Å². The van der Waals surface area contributed by atoms with E-state index in [9.17, 15) is 10.1 Å². The highest BCUT2D eigenvalue weighted by Gasteiger charge is 2.35. The first kappa shape index (κ1) is 25.6. The van der Waals surface area contributed by atoms with Crippen molar-refractivity contribution in [3.8, 4) is 11.9 Å². The maximum absolute atomic E-state index is 12.9. The predicted octanol–water partition coefficient (Wildman–Crippen LogP) is 3.06. The quantitative estimate of drug-likeness (QED) is 0.496. The number of hydrogen-bond donors (Lipinski definition) is 0. The lowest BCUT2D eigenvalue weighted by molar-refractivity contribution is 0.118. The van der Waals surface area contributed by atoms with Gasteiger partial charge in [-0.05, 0) is 53.2 Å². The standard InChI is InChI=1S/C26H36N8O2/c1-8-32-21(9-11-27)29-23-24(30-26(35)31(7)25(23)32)34-15-17(4)33(14-18(34)5)19(6)20-10-12-28-22(13-20)36-16(2)3/h10,12-13,16-19H,8-9,14-15H2,1-7H3/t17-,18+,19?/m1/s1. The zero-order valence-corrected chi connectivity index (χ0v) is 22.3. The van der Waals surface area contributed by atoms with Crippen LogP contribution < -0.4 is 15.3 Å². The third-order valence-corrected chi connectivity index (χ3v) is 6.99. The van der Waals surface area contributed by atoms with Crippen LogP contribution in [0.15, 0.2) is 23.1 Å². The number of aromatic nitrogens is 5. The van der Waals surface area contributed by atoms with Gasteiger partial charge in [0.1, 0.15) is 17.0 Å². The second-order valence-corrected chi connectivity index (χ2v) is 9.87. The number of nitrogens with zero attached hydrogens (tertiary/aromatic N) is 8. The lowest BCUT2D eigenvalue weighted by Crippen LogP contribution is -2.57. The lowest BCUT2D eigenvalue weighted by Gasteiger charge is -2.47. The molecule has 1 aliphatic rings. The van der Waals surface area contributed by atoms with Gasteiger partial charge in [-0.2, -0.15) is 10.2 Å². The average Bonchev–Trinajstić information content (AvgIpc) is 3.20. The minimum atomic E-state index is -0.319. The molecule has 3 aromatic heterocycles. The molecular weight excluding hydrogens is 456 g/mol. The minimum absolute atomic E-state index is 0.0679. The van der Waals surface area contributed by atoms with Crippen LogP contribution in [0, 0.1) is 11.3 Å². The fourth-order valence-corrected chi connectivity index (χ4v) is 5.20. The van der Waals surface area contributed by atoms with Gasteiger partial charge >= 0.3 is 5.69 Å². The molecular formula is C26H36N8O2. The number of anilines is 1. The Morgan fingerprint density at radius 2 is 1.94 bits per heavy atom. The van der Waals surface area contributed by atoms with Crippen LogP contribution >= 0.6 is 0 Å². The van der Waals surface area contributed by atoms with Gasteiger partial charge in [-0.15, -0.1) is 0 Å². The smallest absolute Gasteiger partial charge is 0.350 e. The van der Waals surface area contributed by atoms with E-state index < -0.39 is 0 Å².